The van der Waals surface area contributed by atoms with Crippen LogP contribution in [0.1, 0.15) is 18.5 Å². The van der Waals surface area contributed by atoms with Crippen molar-refractivity contribution in [1.29, 1.82) is 5.26 Å². The van der Waals surface area contributed by atoms with Crippen molar-refractivity contribution in [3.05, 3.63) is 29.8 Å². The number of benzene rings is 1. The molecule has 1 aromatic rings. The van der Waals surface area contributed by atoms with Crippen LogP contribution in [0.5, 0.6) is 5.75 Å². The summed E-state index contributed by atoms with van der Waals surface area (Å²) in [4.78, 5) is 0. The molecule has 1 atom stereocenters. The molecule has 1 rings (SSSR count). The van der Waals surface area contributed by atoms with Gasteiger partial charge in [0.1, 0.15) is 11.8 Å². The second kappa shape index (κ2) is 5.25. The Labute approximate surface area is 84.3 Å². The molecule has 0 saturated carbocycles. The molecule has 0 unspecified atom stereocenters. The van der Waals surface area contributed by atoms with Crippen molar-refractivity contribution in [1.82, 2.24) is 5.32 Å². The fourth-order valence-electron chi connectivity index (χ4n) is 1.24. The van der Waals surface area contributed by atoms with E-state index in [9.17, 15) is 0 Å². The minimum Gasteiger partial charge on any atom is -0.497 e. The molecule has 74 valence electrons. The summed E-state index contributed by atoms with van der Waals surface area (Å²) in [5.74, 6) is 0.807. The van der Waals surface area contributed by atoms with Gasteiger partial charge in [0.15, 0.2) is 0 Å². The van der Waals surface area contributed by atoms with Crippen LogP contribution in [0.3, 0.4) is 0 Å². The van der Waals surface area contributed by atoms with Crippen molar-refractivity contribution in [3.63, 3.8) is 0 Å². The minimum absolute atomic E-state index is 0.231. The van der Waals surface area contributed by atoms with Crippen molar-refractivity contribution in [2.24, 2.45) is 0 Å². The van der Waals surface area contributed by atoms with Gasteiger partial charge in [-0.1, -0.05) is 19.1 Å². The van der Waals surface area contributed by atoms with Gasteiger partial charge in [0.05, 0.1) is 13.2 Å². The van der Waals surface area contributed by atoms with Crippen LogP contribution in [0.15, 0.2) is 24.3 Å². The van der Waals surface area contributed by atoms with Gasteiger partial charge < -0.3 is 4.74 Å². The molecule has 1 aromatic carbocycles. The average Bonchev–Trinajstić information content (AvgIpc) is 2.26. The van der Waals surface area contributed by atoms with Crippen molar-refractivity contribution >= 4 is 0 Å². The topological polar surface area (TPSA) is 45.0 Å². The summed E-state index contributed by atoms with van der Waals surface area (Å²) < 4.78 is 5.04. The smallest absolute Gasteiger partial charge is 0.121 e. The molecule has 3 nitrogen and oxygen atoms in total. The molecular formula is C11H14N2O. The van der Waals surface area contributed by atoms with E-state index in [-0.39, 0.29) is 6.04 Å². The second-order valence-corrected chi connectivity index (χ2v) is 2.89. The molecule has 1 N–H and O–H groups in total. The van der Waals surface area contributed by atoms with E-state index in [0.717, 1.165) is 17.9 Å². The maximum absolute atomic E-state index is 8.89. The lowest BCUT2D eigenvalue weighted by Gasteiger charge is -2.10. The number of nitrogens with one attached hydrogen (secondary N) is 1. The molecule has 0 saturated heterocycles. The number of hydrogen-bond acceptors (Lipinski definition) is 3. The van der Waals surface area contributed by atoms with Gasteiger partial charge in [-0.3, -0.25) is 5.32 Å². The van der Waals surface area contributed by atoms with Gasteiger partial charge in [0.25, 0.3) is 0 Å². The molecule has 0 aliphatic heterocycles. The monoisotopic (exact) mass is 190 g/mol. The van der Waals surface area contributed by atoms with Crippen LogP contribution >= 0.6 is 0 Å². The third kappa shape index (κ3) is 2.48. The summed E-state index contributed by atoms with van der Waals surface area (Å²) in [6.45, 7) is 2.76. The van der Waals surface area contributed by atoms with Gasteiger partial charge in [-0.15, -0.1) is 0 Å². The molecule has 3 heteroatoms. The summed E-state index contributed by atoms with van der Waals surface area (Å²) >= 11 is 0. The number of nitriles is 1. The SMILES string of the molecule is CCN[C@@H](C#N)c1ccc(OC)cc1. The first kappa shape index (κ1) is 10.6. The van der Waals surface area contributed by atoms with Gasteiger partial charge in [-0.05, 0) is 24.2 Å². The molecule has 0 aromatic heterocycles. The summed E-state index contributed by atoms with van der Waals surface area (Å²) in [6, 6.07) is 9.49. The Balaban J connectivity index is 2.79. The van der Waals surface area contributed by atoms with Gasteiger partial charge in [-0.25, -0.2) is 0 Å². The molecule has 0 bridgehead atoms. The highest BCUT2D eigenvalue weighted by molar-refractivity contribution is 5.31. The first-order valence-corrected chi connectivity index (χ1v) is 4.58. The molecule has 0 aliphatic rings. The standard InChI is InChI=1S/C11H14N2O/c1-3-13-11(8-12)9-4-6-10(14-2)7-5-9/h4-7,11,13H,3H2,1-2H3/t11-/m0/s1. The Morgan fingerprint density at radius 3 is 2.50 bits per heavy atom. The third-order valence-electron chi connectivity index (χ3n) is 1.99. The zero-order chi connectivity index (χ0) is 10.4. The Bertz CT molecular complexity index is 313. The van der Waals surface area contributed by atoms with E-state index >= 15 is 0 Å². The lowest BCUT2D eigenvalue weighted by molar-refractivity contribution is 0.414. The zero-order valence-electron chi connectivity index (χ0n) is 8.45. The highest BCUT2D eigenvalue weighted by Crippen LogP contribution is 2.16. The largest absolute Gasteiger partial charge is 0.497 e. The Hall–Kier alpha value is -1.53. The fourth-order valence-corrected chi connectivity index (χ4v) is 1.24. The quantitative estimate of drug-likeness (QED) is 0.788. The van der Waals surface area contributed by atoms with Crippen LogP contribution in [0.2, 0.25) is 0 Å². The molecule has 0 fully saturated rings. The zero-order valence-corrected chi connectivity index (χ0v) is 8.45. The van der Waals surface area contributed by atoms with Crippen LogP contribution in [0, 0.1) is 11.3 Å². The molecule has 14 heavy (non-hydrogen) atoms. The second-order valence-electron chi connectivity index (χ2n) is 2.89. The lowest BCUT2D eigenvalue weighted by Crippen LogP contribution is -2.18. The maximum Gasteiger partial charge on any atom is 0.121 e. The molecule has 0 spiro atoms. The lowest BCUT2D eigenvalue weighted by atomic mass is 10.1. The van der Waals surface area contributed by atoms with Crippen molar-refractivity contribution in [2.75, 3.05) is 13.7 Å². The summed E-state index contributed by atoms with van der Waals surface area (Å²) in [5, 5.41) is 12.0. The van der Waals surface area contributed by atoms with Crippen LogP contribution in [-0.4, -0.2) is 13.7 Å². The van der Waals surface area contributed by atoms with E-state index in [2.05, 4.69) is 11.4 Å². The first-order chi connectivity index (χ1) is 6.81. The van der Waals surface area contributed by atoms with Gasteiger partial charge in [-0.2, -0.15) is 5.26 Å². The Morgan fingerprint density at radius 2 is 2.07 bits per heavy atom. The molecule has 0 heterocycles. The maximum atomic E-state index is 8.89. The van der Waals surface area contributed by atoms with E-state index in [0.29, 0.717) is 0 Å². The minimum atomic E-state index is -0.231. The summed E-state index contributed by atoms with van der Waals surface area (Å²) in [6.07, 6.45) is 0. The van der Waals surface area contributed by atoms with Gasteiger partial charge >= 0.3 is 0 Å². The Morgan fingerprint density at radius 1 is 1.43 bits per heavy atom. The van der Waals surface area contributed by atoms with E-state index in [4.69, 9.17) is 10.00 Å². The highest BCUT2D eigenvalue weighted by atomic mass is 16.5. The van der Waals surface area contributed by atoms with Crippen molar-refractivity contribution in [2.45, 2.75) is 13.0 Å². The number of ether oxygens (including phenoxy) is 1. The molecule has 0 amide bonds. The first-order valence-electron chi connectivity index (χ1n) is 4.58. The molecule has 0 aliphatic carbocycles. The number of nitrogens with zero attached hydrogens (tertiary/aromatic N) is 1. The highest BCUT2D eigenvalue weighted by Gasteiger charge is 2.07. The number of rotatable bonds is 4. The van der Waals surface area contributed by atoms with Gasteiger partial charge in [0.2, 0.25) is 0 Å². The van der Waals surface area contributed by atoms with Gasteiger partial charge in [0, 0.05) is 0 Å². The fraction of sp³-hybridized carbons (Fsp3) is 0.364. The molecular weight excluding hydrogens is 176 g/mol. The van der Waals surface area contributed by atoms with Crippen molar-refractivity contribution in [3.8, 4) is 11.8 Å². The van der Waals surface area contributed by atoms with E-state index < -0.39 is 0 Å². The summed E-state index contributed by atoms with van der Waals surface area (Å²) in [7, 11) is 1.63. The third-order valence-corrected chi connectivity index (χ3v) is 1.99. The average molecular weight is 190 g/mol. The van der Waals surface area contributed by atoms with Crippen LogP contribution in [0.4, 0.5) is 0 Å². The van der Waals surface area contributed by atoms with E-state index in [1.165, 1.54) is 0 Å². The summed E-state index contributed by atoms with van der Waals surface area (Å²) in [5.41, 5.74) is 0.968. The number of hydrogen-bond donors (Lipinski definition) is 1. The number of methoxy groups -OCH3 is 1. The van der Waals surface area contributed by atoms with E-state index in [1.807, 2.05) is 31.2 Å². The van der Waals surface area contributed by atoms with Crippen LogP contribution in [0.25, 0.3) is 0 Å². The predicted molar refractivity (Wildman–Crippen MR) is 55.0 cm³/mol. The Kier molecular flexibility index (Phi) is 3.96. The van der Waals surface area contributed by atoms with Crippen molar-refractivity contribution < 1.29 is 4.74 Å². The predicted octanol–water partition coefficient (Wildman–Crippen LogP) is 1.87. The normalized spacial score (nSPS) is 11.8. The molecule has 0 radical (unpaired) electrons. The van der Waals surface area contributed by atoms with Crippen LogP contribution < -0.4 is 10.1 Å². The van der Waals surface area contributed by atoms with Crippen LogP contribution in [-0.2, 0) is 0 Å². The van der Waals surface area contributed by atoms with E-state index in [1.54, 1.807) is 7.11 Å².